The normalized spacial score (nSPS) is 27.1. The summed E-state index contributed by atoms with van der Waals surface area (Å²) >= 11 is 0. The Labute approximate surface area is 75.6 Å². The highest BCUT2D eigenvalue weighted by atomic mass is 32.2. The van der Waals surface area contributed by atoms with Crippen molar-refractivity contribution >= 4 is 22.2 Å². The van der Waals surface area contributed by atoms with Gasteiger partial charge < -0.3 is 10.6 Å². The lowest BCUT2D eigenvalue weighted by molar-refractivity contribution is -0.124. The molecule has 7 heteroatoms. The van der Waals surface area contributed by atoms with E-state index in [1.54, 1.807) is 0 Å². The molecule has 0 unspecified atom stereocenters. The van der Waals surface area contributed by atoms with Gasteiger partial charge >= 0.3 is 0 Å². The van der Waals surface area contributed by atoms with Gasteiger partial charge in [0.05, 0.1) is 11.5 Å². The Bertz CT molecular complexity index is 311. The molecule has 0 aliphatic carbocycles. The van der Waals surface area contributed by atoms with E-state index in [-0.39, 0.29) is 18.1 Å². The van der Waals surface area contributed by atoms with Crippen LogP contribution < -0.4 is 10.6 Å². The molecule has 0 radical (unpaired) electrons. The lowest BCUT2D eigenvalue weighted by atomic mass is 10.3. The van der Waals surface area contributed by atoms with E-state index in [0.29, 0.717) is 6.41 Å². The molecule has 13 heavy (non-hydrogen) atoms. The molecule has 0 aromatic heterocycles. The summed E-state index contributed by atoms with van der Waals surface area (Å²) < 4.78 is 22.3. The fraction of sp³-hybridized carbons (Fsp3) is 0.667. The SMILES string of the molecule is O=CN[C@H]1CS(=O)(=O)CCNC1=O. The van der Waals surface area contributed by atoms with Gasteiger partial charge in [0.15, 0.2) is 9.84 Å². The average molecular weight is 206 g/mol. The van der Waals surface area contributed by atoms with E-state index in [1.165, 1.54) is 0 Å². The number of nitrogens with one attached hydrogen (secondary N) is 2. The molecule has 0 aromatic carbocycles. The summed E-state index contributed by atoms with van der Waals surface area (Å²) in [5.74, 6) is -0.846. The summed E-state index contributed by atoms with van der Waals surface area (Å²) in [6.45, 7) is 0.109. The topological polar surface area (TPSA) is 92.3 Å². The predicted octanol–water partition coefficient (Wildman–Crippen LogP) is -2.35. The monoisotopic (exact) mass is 206 g/mol. The molecule has 1 fully saturated rings. The summed E-state index contributed by atoms with van der Waals surface area (Å²) in [6.07, 6.45) is 0.324. The standard InChI is InChI=1S/C6H10N2O4S/c9-4-8-5-3-13(11,12)2-1-7-6(5)10/h4-5H,1-3H2,(H,7,10)(H,8,9)/t5-/m0/s1. The molecule has 1 aliphatic rings. The van der Waals surface area contributed by atoms with Crippen LogP contribution in [0.4, 0.5) is 0 Å². The van der Waals surface area contributed by atoms with Gasteiger partial charge in [-0.2, -0.15) is 0 Å². The zero-order valence-corrected chi connectivity index (χ0v) is 7.63. The first kappa shape index (κ1) is 9.97. The van der Waals surface area contributed by atoms with Crippen LogP contribution in [0.25, 0.3) is 0 Å². The summed E-state index contributed by atoms with van der Waals surface area (Å²) in [6, 6.07) is -0.954. The van der Waals surface area contributed by atoms with Crippen molar-refractivity contribution in [2.45, 2.75) is 6.04 Å². The number of sulfone groups is 1. The van der Waals surface area contributed by atoms with Crippen molar-refractivity contribution in [3.8, 4) is 0 Å². The molecule has 1 rings (SSSR count). The lowest BCUT2D eigenvalue weighted by Gasteiger charge is -2.09. The first-order valence-electron chi connectivity index (χ1n) is 3.73. The molecule has 74 valence electrons. The van der Waals surface area contributed by atoms with Crippen LogP contribution in [-0.4, -0.2) is 44.8 Å². The molecule has 0 bridgehead atoms. The molecule has 0 aromatic rings. The minimum absolute atomic E-state index is 0.0736. The Hall–Kier alpha value is -1.11. The molecule has 1 heterocycles. The van der Waals surface area contributed by atoms with Crippen LogP contribution in [0, 0.1) is 0 Å². The number of hydrogen-bond donors (Lipinski definition) is 2. The second kappa shape index (κ2) is 3.73. The fourth-order valence-electron chi connectivity index (χ4n) is 1.07. The summed E-state index contributed by atoms with van der Waals surface area (Å²) in [5.41, 5.74) is 0. The molecule has 0 spiro atoms. The molecule has 0 saturated carbocycles. The minimum atomic E-state index is -3.23. The van der Waals surface area contributed by atoms with E-state index in [0.717, 1.165) is 0 Å². The minimum Gasteiger partial charge on any atom is -0.353 e. The quantitative estimate of drug-likeness (QED) is 0.495. The first-order valence-corrected chi connectivity index (χ1v) is 5.55. The van der Waals surface area contributed by atoms with Crippen LogP contribution in [0.3, 0.4) is 0 Å². The van der Waals surface area contributed by atoms with E-state index in [9.17, 15) is 18.0 Å². The van der Waals surface area contributed by atoms with Crippen molar-refractivity contribution in [3.63, 3.8) is 0 Å². The van der Waals surface area contributed by atoms with Gasteiger partial charge in [0.1, 0.15) is 6.04 Å². The predicted molar refractivity (Wildman–Crippen MR) is 44.7 cm³/mol. The van der Waals surface area contributed by atoms with Crippen molar-refractivity contribution in [1.29, 1.82) is 0 Å². The second-order valence-electron chi connectivity index (χ2n) is 2.74. The van der Waals surface area contributed by atoms with E-state index in [1.807, 2.05) is 0 Å². The molecular weight excluding hydrogens is 196 g/mol. The second-order valence-corrected chi connectivity index (χ2v) is 4.97. The van der Waals surface area contributed by atoms with E-state index in [4.69, 9.17) is 0 Å². The highest BCUT2D eigenvalue weighted by molar-refractivity contribution is 7.91. The lowest BCUT2D eigenvalue weighted by Crippen LogP contribution is -2.45. The van der Waals surface area contributed by atoms with Crippen molar-refractivity contribution in [3.05, 3.63) is 0 Å². The average Bonchev–Trinajstić information content (AvgIpc) is 2.12. The highest BCUT2D eigenvalue weighted by Crippen LogP contribution is 1.99. The Kier molecular flexibility index (Phi) is 2.86. The van der Waals surface area contributed by atoms with Crippen molar-refractivity contribution in [2.75, 3.05) is 18.1 Å². The highest BCUT2D eigenvalue weighted by Gasteiger charge is 2.28. The van der Waals surface area contributed by atoms with Crippen molar-refractivity contribution in [1.82, 2.24) is 10.6 Å². The number of rotatable bonds is 2. The molecule has 1 aliphatic heterocycles. The van der Waals surface area contributed by atoms with Crippen LogP contribution in [0.2, 0.25) is 0 Å². The number of carbonyl (C=O) groups excluding carboxylic acids is 2. The van der Waals surface area contributed by atoms with Gasteiger partial charge in [-0.25, -0.2) is 8.42 Å². The zero-order valence-electron chi connectivity index (χ0n) is 6.82. The van der Waals surface area contributed by atoms with Crippen LogP contribution in [0.1, 0.15) is 0 Å². The van der Waals surface area contributed by atoms with Gasteiger partial charge in [0.25, 0.3) is 0 Å². The molecule has 1 saturated heterocycles. The Morgan fingerprint density at radius 1 is 1.54 bits per heavy atom. The van der Waals surface area contributed by atoms with E-state index < -0.39 is 21.8 Å². The molecule has 1 atom stereocenters. The maximum absolute atomic E-state index is 11.2. The van der Waals surface area contributed by atoms with Gasteiger partial charge in [0, 0.05) is 6.54 Å². The molecule has 6 nitrogen and oxygen atoms in total. The van der Waals surface area contributed by atoms with E-state index >= 15 is 0 Å². The summed E-state index contributed by atoms with van der Waals surface area (Å²) in [5, 5.41) is 4.55. The van der Waals surface area contributed by atoms with Crippen molar-refractivity contribution < 1.29 is 18.0 Å². The summed E-state index contributed by atoms with van der Waals surface area (Å²) in [4.78, 5) is 21.2. The maximum Gasteiger partial charge on any atom is 0.243 e. The molecule has 2 amide bonds. The van der Waals surface area contributed by atoms with Crippen LogP contribution >= 0.6 is 0 Å². The van der Waals surface area contributed by atoms with Crippen LogP contribution in [-0.2, 0) is 19.4 Å². The Morgan fingerprint density at radius 2 is 2.23 bits per heavy atom. The fourth-order valence-corrected chi connectivity index (χ4v) is 2.41. The number of amides is 2. The van der Waals surface area contributed by atoms with E-state index in [2.05, 4.69) is 10.6 Å². The maximum atomic E-state index is 11.2. The van der Waals surface area contributed by atoms with Gasteiger partial charge in [-0.05, 0) is 0 Å². The number of carbonyl (C=O) groups is 2. The molecular formula is C6H10N2O4S. The smallest absolute Gasteiger partial charge is 0.243 e. The Balaban J connectivity index is 2.79. The van der Waals surface area contributed by atoms with Gasteiger partial charge in [0.2, 0.25) is 12.3 Å². The third-order valence-corrected chi connectivity index (χ3v) is 3.39. The largest absolute Gasteiger partial charge is 0.353 e. The zero-order chi connectivity index (χ0) is 9.90. The van der Waals surface area contributed by atoms with Gasteiger partial charge in [-0.3, -0.25) is 9.59 Å². The first-order chi connectivity index (χ1) is 6.05. The van der Waals surface area contributed by atoms with Crippen LogP contribution in [0.15, 0.2) is 0 Å². The third kappa shape index (κ3) is 2.69. The molecule has 2 N–H and O–H groups in total. The van der Waals surface area contributed by atoms with Crippen LogP contribution in [0.5, 0.6) is 0 Å². The van der Waals surface area contributed by atoms with Gasteiger partial charge in [-0.15, -0.1) is 0 Å². The van der Waals surface area contributed by atoms with Gasteiger partial charge in [-0.1, -0.05) is 0 Å². The summed E-state index contributed by atoms with van der Waals surface area (Å²) in [7, 11) is -3.23. The van der Waals surface area contributed by atoms with Crippen molar-refractivity contribution in [2.24, 2.45) is 0 Å². The number of hydrogen-bond acceptors (Lipinski definition) is 4. The Morgan fingerprint density at radius 3 is 2.85 bits per heavy atom. The third-order valence-electron chi connectivity index (χ3n) is 1.72.